The molecule has 3 heterocycles. The van der Waals surface area contributed by atoms with Crippen LogP contribution >= 0.6 is 11.3 Å². The van der Waals surface area contributed by atoms with Crippen molar-refractivity contribution in [1.82, 2.24) is 15.1 Å². The highest BCUT2D eigenvalue weighted by Gasteiger charge is 2.34. The minimum Gasteiger partial charge on any atom is -0.479 e. The number of carboxylic acid groups (broad SMARTS) is 1. The van der Waals surface area contributed by atoms with Gasteiger partial charge in [0.05, 0.1) is 6.42 Å². The van der Waals surface area contributed by atoms with Gasteiger partial charge in [0.15, 0.2) is 11.9 Å². The molecule has 0 aromatic carbocycles. The number of nitrogens with zero attached hydrogens (tertiary/aromatic N) is 3. The molecular formula is C12H13N3O4S. The third kappa shape index (κ3) is 2.70. The Bertz CT molecular complexity index is 624. The lowest BCUT2D eigenvalue weighted by molar-refractivity contribution is -0.150. The van der Waals surface area contributed by atoms with Crippen molar-refractivity contribution in [2.45, 2.75) is 38.4 Å². The summed E-state index contributed by atoms with van der Waals surface area (Å²) < 4.78 is 10.5. The summed E-state index contributed by atoms with van der Waals surface area (Å²) in [5, 5.41) is 15.7. The van der Waals surface area contributed by atoms with Gasteiger partial charge in [0.1, 0.15) is 11.1 Å². The fourth-order valence-electron chi connectivity index (χ4n) is 2.09. The normalized spacial score (nSPS) is 22.2. The van der Waals surface area contributed by atoms with Gasteiger partial charge in [0.25, 0.3) is 5.89 Å². The van der Waals surface area contributed by atoms with E-state index in [-0.39, 0.29) is 0 Å². The van der Waals surface area contributed by atoms with Crippen LogP contribution in [-0.4, -0.2) is 32.3 Å². The minimum atomic E-state index is -0.953. The lowest BCUT2D eigenvalue weighted by atomic mass is 10.2. The summed E-state index contributed by atoms with van der Waals surface area (Å²) in [5.41, 5.74) is 0.970. The predicted molar refractivity (Wildman–Crippen MR) is 68.4 cm³/mol. The molecule has 0 amide bonds. The van der Waals surface area contributed by atoms with Gasteiger partial charge >= 0.3 is 5.97 Å². The second-order valence-corrected chi connectivity index (χ2v) is 5.58. The smallest absolute Gasteiger partial charge is 0.332 e. The Balaban J connectivity index is 1.67. The number of hydrogen-bond donors (Lipinski definition) is 1. The molecule has 0 spiro atoms. The van der Waals surface area contributed by atoms with E-state index < -0.39 is 18.2 Å². The van der Waals surface area contributed by atoms with E-state index in [1.165, 1.54) is 0 Å². The second-order valence-electron chi connectivity index (χ2n) is 4.64. The first-order valence-corrected chi connectivity index (χ1v) is 7.11. The van der Waals surface area contributed by atoms with E-state index in [1.54, 1.807) is 11.3 Å². The van der Waals surface area contributed by atoms with Crippen LogP contribution in [0.15, 0.2) is 9.90 Å². The van der Waals surface area contributed by atoms with Gasteiger partial charge in [-0.15, -0.1) is 11.3 Å². The first kappa shape index (κ1) is 13.2. The molecule has 1 N–H and O–H groups in total. The van der Waals surface area contributed by atoms with Crippen LogP contribution in [0.3, 0.4) is 0 Å². The monoisotopic (exact) mass is 295 g/mol. The highest BCUT2D eigenvalue weighted by molar-refractivity contribution is 7.09. The van der Waals surface area contributed by atoms with Gasteiger partial charge in [-0.3, -0.25) is 0 Å². The zero-order valence-electron chi connectivity index (χ0n) is 10.8. The summed E-state index contributed by atoms with van der Waals surface area (Å²) in [6.07, 6.45) is 0.349. The summed E-state index contributed by atoms with van der Waals surface area (Å²) in [5.74, 6) is -0.0701. The summed E-state index contributed by atoms with van der Waals surface area (Å²) in [4.78, 5) is 19.4. The molecule has 1 aliphatic heterocycles. The molecule has 20 heavy (non-hydrogen) atoms. The number of carbonyl (C=O) groups is 1. The van der Waals surface area contributed by atoms with E-state index in [0.29, 0.717) is 31.0 Å². The van der Waals surface area contributed by atoms with E-state index in [4.69, 9.17) is 14.4 Å². The van der Waals surface area contributed by atoms with Crippen LogP contribution in [0.2, 0.25) is 0 Å². The maximum atomic E-state index is 10.8. The summed E-state index contributed by atoms with van der Waals surface area (Å²) in [6.45, 7) is 1.93. The van der Waals surface area contributed by atoms with Gasteiger partial charge in [-0.05, 0) is 19.8 Å². The van der Waals surface area contributed by atoms with Crippen molar-refractivity contribution in [2.75, 3.05) is 0 Å². The summed E-state index contributed by atoms with van der Waals surface area (Å²) >= 11 is 1.55. The van der Waals surface area contributed by atoms with Crippen molar-refractivity contribution in [1.29, 1.82) is 0 Å². The quantitative estimate of drug-likeness (QED) is 0.917. The van der Waals surface area contributed by atoms with E-state index in [1.807, 2.05) is 12.3 Å². The highest BCUT2D eigenvalue weighted by atomic mass is 32.1. The number of aromatic nitrogens is 3. The molecule has 2 aromatic heterocycles. The van der Waals surface area contributed by atoms with Crippen LogP contribution in [0.25, 0.3) is 0 Å². The Morgan fingerprint density at radius 3 is 3.00 bits per heavy atom. The predicted octanol–water partition coefficient (Wildman–Crippen LogP) is 1.73. The maximum absolute atomic E-state index is 10.8. The molecule has 0 saturated carbocycles. The van der Waals surface area contributed by atoms with Gasteiger partial charge in [-0.1, -0.05) is 5.16 Å². The number of hydrogen-bond acceptors (Lipinski definition) is 7. The average Bonchev–Trinajstić information content (AvgIpc) is 3.10. The summed E-state index contributed by atoms with van der Waals surface area (Å²) in [7, 11) is 0. The van der Waals surface area contributed by atoms with Gasteiger partial charge in [0, 0.05) is 11.1 Å². The molecule has 0 aliphatic carbocycles. The lowest BCUT2D eigenvalue weighted by Gasteiger charge is -2.05. The number of carboxylic acids is 1. The molecule has 7 nitrogen and oxygen atoms in total. The van der Waals surface area contributed by atoms with Gasteiger partial charge in [-0.25, -0.2) is 9.78 Å². The van der Waals surface area contributed by atoms with Gasteiger partial charge in [-0.2, -0.15) is 4.98 Å². The first-order chi connectivity index (χ1) is 9.61. The van der Waals surface area contributed by atoms with E-state index >= 15 is 0 Å². The Labute approximate surface area is 118 Å². The number of aliphatic carboxylic acids is 1. The molecule has 8 heteroatoms. The second kappa shape index (κ2) is 5.29. The van der Waals surface area contributed by atoms with E-state index in [0.717, 1.165) is 10.7 Å². The Hall–Kier alpha value is -1.80. The van der Waals surface area contributed by atoms with Crippen LogP contribution in [0, 0.1) is 6.92 Å². The van der Waals surface area contributed by atoms with Crippen molar-refractivity contribution < 1.29 is 19.2 Å². The largest absolute Gasteiger partial charge is 0.479 e. The Morgan fingerprint density at radius 2 is 2.35 bits per heavy atom. The summed E-state index contributed by atoms with van der Waals surface area (Å²) in [6, 6.07) is 0. The van der Waals surface area contributed by atoms with Gasteiger partial charge < -0.3 is 14.4 Å². The zero-order valence-corrected chi connectivity index (χ0v) is 11.6. The van der Waals surface area contributed by atoms with Crippen LogP contribution < -0.4 is 0 Å². The molecule has 0 bridgehead atoms. The van der Waals surface area contributed by atoms with Crippen LogP contribution in [0.5, 0.6) is 0 Å². The minimum absolute atomic E-state index is 0.344. The average molecular weight is 295 g/mol. The number of ether oxygens (including phenoxy) is 1. The maximum Gasteiger partial charge on any atom is 0.332 e. The molecule has 1 saturated heterocycles. The molecule has 0 radical (unpaired) electrons. The third-order valence-corrected chi connectivity index (χ3v) is 4.00. The fraction of sp³-hybridized carbons (Fsp3) is 0.500. The molecule has 2 unspecified atom stereocenters. The van der Waals surface area contributed by atoms with Gasteiger partial charge in [0.2, 0.25) is 0 Å². The molecule has 1 aliphatic rings. The molecule has 3 rings (SSSR count). The van der Waals surface area contributed by atoms with Crippen molar-refractivity contribution >= 4 is 17.3 Å². The topological polar surface area (TPSA) is 98.3 Å². The third-order valence-electron chi connectivity index (χ3n) is 3.03. The molecular weight excluding hydrogens is 282 g/mol. The van der Waals surface area contributed by atoms with Crippen LogP contribution in [0.1, 0.15) is 41.4 Å². The lowest BCUT2D eigenvalue weighted by Crippen LogP contribution is -2.18. The fourth-order valence-corrected chi connectivity index (χ4v) is 2.86. The molecule has 106 valence electrons. The first-order valence-electron chi connectivity index (χ1n) is 6.23. The number of aryl methyl sites for hydroxylation is 1. The number of thiazole rings is 1. The highest BCUT2D eigenvalue weighted by Crippen LogP contribution is 2.31. The van der Waals surface area contributed by atoms with Crippen LogP contribution in [-0.2, 0) is 16.0 Å². The van der Waals surface area contributed by atoms with E-state index in [2.05, 4.69) is 15.1 Å². The zero-order chi connectivity index (χ0) is 14.1. The standard InChI is InChI=1S/C12H13N3O4S/c1-6-5-20-10(13-6)4-9-14-11(19-15-9)7-2-3-8(18-7)12(16)17/h5,7-8H,2-4H2,1H3,(H,16,17). The van der Waals surface area contributed by atoms with Crippen molar-refractivity contribution in [3.63, 3.8) is 0 Å². The van der Waals surface area contributed by atoms with Crippen molar-refractivity contribution in [3.05, 3.63) is 27.8 Å². The van der Waals surface area contributed by atoms with Crippen LogP contribution in [0.4, 0.5) is 0 Å². The Kier molecular flexibility index (Phi) is 3.49. The van der Waals surface area contributed by atoms with E-state index in [9.17, 15) is 4.79 Å². The molecule has 1 fully saturated rings. The molecule has 2 atom stereocenters. The Morgan fingerprint density at radius 1 is 1.50 bits per heavy atom. The SMILES string of the molecule is Cc1csc(Cc2noc(C3CCC(C(=O)O)O3)n2)n1. The van der Waals surface area contributed by atoms with Crippen molar-refractivity contribution in [3.8, 4) is 0 Å². The van der Waals surface area contributed by atoms with Crippen molar-refractivity contribution in [2.24, 2.45) is 0 Å². The number of rotatable bonds is 4. The molecule has 2 aromatic rings.